The number of nitrogens with zero attached hydrogens (tertiary/aromatic N) is 2. The van der Waals surface area contributed by atoms with Gasteiger partial charge in [0.1, 0.15) is 0 Å². The first-order valence-corrected chi connectivity index (χ1v) is 5.98. The van der Waals surface area contributed by atoms with E-state index in [9.17, 15) is 0 Å². The number of benzene rings is 1. The fraction of sp³-hybridized carbons (Fsp3) is 0.182. The van der Waals surface area contributed by atoms with Crippen LogP contribution < -0.4 is 0 Å². The molecule has 0 N–H and O–H groups in total. The van der Waals surface area contributed by atoms with Crippen molar-refractivity contribution in [3.8, 4) is 0 Å². The maximum Gasteiger partial charge on any atom is 0.0444 e. The third-order valence-electron chi connectivity index (χ3n) is 1.94. The van der Waals surface area contributed by atoms with E-state index >= 15 is 0 Å². The van der Waals surface area contributed by atoms with Gasteiger partial charge in [0, 0.05) is 49.9 Å². The first-order valence-electron chi connectivity index (χ1n) is 4.57. The molecule has 0 bridgehead atoms. The van der Waals surface area contributed by atoms with Crippen molar-refractivity contribution in [3.05, 3.63) is 46.2 Å². The second-order valence-corrected chi connectivity index (χ2v) is 4.31. The number of alkyl halides is 1. The Morgan fingerprint density at radius 3 is 2.56 bits per heavy atom. The molecule has 0 saturated heterocycles. The van der Waals surface area contributed by atoms with Gasteiger partial charge in [-0.3, -0.25) is 0 Å². The summed E-state index contributed by atoms with van der Waals surface area (Å²) in [6, 6.07) is 8.04. The molecule has 0 saturated carbocycles. The van der Waals surface area contributed by atoms with Gasteiger partial charge in [-0.1, -0.05) is 29.8 Å². The summed E-state index contributed by atoms with van der Waals surface area (Å²) in [6.07, 6.45) is 0. The van der Waals surface area contributed by atoms with E-state index < -0.39 is 0 Å². The van der Waals surface area contributed by atoms with Crippen LogP contribution in [0, 0.1) is 51.0 Å². The maximum absolute atomic E-state index is 5.67. The quantitative estimate of drug-likeness (QED) is 0.613. The zero-order valence-corrected chi connectivity index (χ0v) is 15.2. The van der Waals surface area contributed by atoms with E-state index in [2.05, 4.69) is 17.2 Å². The summed E-state index contributed by atoms with van der Waals surface area (Å²) in [4.78, 5) is 4.27. The molecular formula is C11H10AcClN2S-. The molecule has 0 aliphatic carbocycles. The van der Waals surface area contributed by atoms with Crippen molar-refractivity contribution in [2.24, 2.45) is 0 Å². The summed E-state index contributed by atoms with van der Waals surface area (Å²) in [5.41, 5.74) is 3.04. The third-order valence-corrected chi connectivity index (χ3v) is 2.99. The Labute approximate surface area is 140 Å². The molecule has 0 atom stereocenters. The first-order chi connectivity index (χ1) is 7.28. The predicted octanol–water partition coefficient (Wildman–Crippen LogP) is 4.53. The fourth-order valence-corrected chi connectivity index (χ4v) is 2.07. The van der Waals surface area contributed by atoms with Crippen LogP contribution in [0.15, 0.2) is 29.6 Å². The molecule has 5 heteroatoms. The van der Waals surface area contributed by atoms with Gasteiger partial charge in [0.2, 0.25) is 0 Å². The normalized spacial score (nSPS) is 9.62. The molecule has 0 spiro atoms. The Kier molecular flexibility index (Phi) is 6.28. The Morgan fingerprint density at radius 2 is 2.00 bits per heavy atom. The number of rotatable bonds is 3. The first kappa shape index (κ1) is 14.4. The summed E-state index contributed by atoms with van der Waals surface area (Å²) >= 11 is 7.18. The summed E-state index contributed by atoms with van der Waals surface area (Å²) in [6.45, 7) is 2.05. The molecule has 1 aromatic heterocycles. The average molecular weight is 465 g/mol. The summed E-state index contributed by atoms with van der Waals surface area (Å²) in [5.74, 6) is 0.444. The maximum atomic E-state index is 5.67. The molecule has 1 radical (unpaired) electrons. The van der Waals surface area contributed by atoms with E-state index in [0.717, 1.165) is 16.5 Å². The zero-order valence-electron chi connectivity index (χ0n) is 8.85. The van der Waals surface area contributed by atoms with E-state index in [-0.39, 0.29) is 44.1 Å². The van der Waals surface area contributed by atoms with E-state index in [1.54, 1.807) is 0 Å². The van der Waals surface area contributed by atoms with Crippen LogP contribution in [-0.4, -0.2) is 4.98 Å². The molecule has 0 fully saturated rings. The molecule has 0 aliphatic heterocycles. The van der Waals surface area contributed by atoms with Crippen molar-refractivity contribution in [3.63, 3.8) is 0 Å². The largest absolute Gasteiger partial charge is 0.429 e. The second kappa shape index (κ2) is 6.96. The number of hydrogen-bond donors (Lipinski definition) is 0. The van der Waals surface area contributed by atoms with Crippen molar-refractivity contribution >= 4 is 33.8 Å². The van der Waals surface area contributed by atoms with Crippen molar-refractivity contribution in [2.75, 3.05) is 0 Å². The van der Waals surface area contributed by atoms with Crippen LogP contribution in [0.4, 0.5) is 10.8 Å². The Hall–Kier alpha value is 0.382. The Morgan fingerprint density at radius 1 is 1.31 bits per heavy atom. The molecule has 0 unspecified atom stereocenters. The standard InChI is InChI=1S/C11H10ClN2S.Ac/c1-8-2-4-9(5-3-8)13-11-14-10(6-12)7-15-11;/h2-5,7H,6H2,1H3;/q-1;. The van der Waals surface area contributed by atoms with Crippen LogP contribution in [0.2, 0.25) is 0 Å². The van der Waals surface area contributed by atoms with Crippen LogP contribution in [0.3, 0.4) is 0 Å². The van der Waals surface area contributed by atoms with Crippen LogP contribution >= 0.6 is 22.9 Å². The molecule has 16 heavy (non-hydrogen) atoms. The summed E-state index contributed by atoms with van der Waals surface area (Å²) in [7, 11) is 0. The summed E-state index contributed by atoms with van der Waals surface area (Å²) < 4.78 is 0. The molecule has 1 heterocycles. The van der Waals surface area contributed by atoms with Crippen LogP contribution in [0.5, 0.6) is 0 Å². The molecule has 1 aromatic carbocycles. The van der Waals surface area contributed by atoms with Gasteiger partial charge in [0.15, 0.2) is 0 Å². The topological polar surface area (TPSA) is 27.0 Å². The van der Waals surface area contributed by atoms with Crippen LogP contribution in [0.25, 0.3) is 5.32 Å². The van der Waals surface area contributed by atoms with Gasteiger partial charge in [-0.25, -0.2) is 0 Å². The molecule has 2 rings (SSSR count). The van der Waals surface area contributed by atoms with Gasteiger partial charge < -0.3 is 10.3 Å². The monoisotopic (exact) mass is 464 g/mol. The second-order valence-electron chi connectivity index (χ2n) is 3.20. The van der Waals surface area contributed by atoms with Crippen molar-refractivity contribution in [1.82, 2.24) is 4.98 Å². The molecule has 81 valence electrons. The van der Waals surface area contributed by atoms with Gasteiger partial charge in [-0.15, -0.1) is 11.6 Å². The molecular weight excluding hydrogens is 455 g/mol. The van der Waals surface area contributed by atoms with Crippen molar-refractivity contribution in [1.29, 1.82) is 0 Å². The Balaban J connectivity index is 0.00000128. The fourth-order valence-electron chi connectivity index (χ4n) is 1.14. The van der Waals surface area contributed by atoms with Crippen molar-refractivity contribution in [2.45, 2.75) is 12.8 Å². The number of aryl methyl sites for hydroxylation is 1. The van der Waals surface area contributed by atoms with Crippen molar-refractivity contribution < 1.29 is 44.1 Å². The minimum Gasteiger partial charge on any atom is -0.429 e. The summed E-state index contributed by atoms with van der Waals surface area (Å²) in [5, 5.41) is 7.09. The molecule has 2 aromatic rings. The van der Waals surface area contributed by atoms with Gasteiger partial charge in [0.05, 0.1) is 0 Å². The van der Waals surface area contributed by atoms with Crippen LogP contribution in [-0.2, 0) is 5.88 Å². The molecule has 2 nitrogen and oxygen atoms in total. The van der Waals surface area contributed by atoms with Gasteiger partial charge in [-0.05, 0) is 28.8 Å². The van der Waals surface area contributed by atoms with E-state index in [1.165, 1.54) is 16.9 Å². The molecule has 0 aliphatic rings. The van der Waals surface area contributed by atoms with Crippen LogP contribution in [0.1, 0.15) is 11.3 Å². The Bertz CT molecular complexity index is 442. The van der Waals surface area contributed by atoms with E-state index in [4.69, 9.17) is 11.6 Å². The smallest absolute Gasteiger partial charge is 0.0444 e. The number of thiazole rings is 1. The minimum absolute atomic E-state index is 0. The third kappa shape index (κ3) is 4.00. The number of aromatic nitrogens is 1. The number of hydrogen-bond acceptors (Lipinski definition) is 2. The zero-order chi connectivity index (χ0) is 10.7. The average Bonchev–Trinajstić information content (AvgIpc) is 2.69. The predicted molar refractivity (Wildman–Crippen MR) is 65.5 cm³/mol. The van der Waals surface area contributed by atoms with E-state index in [1.807, 2.05) is 29.6 Å². The SMILES string of the molecule is Cc1ccc([N-]c2nc(CCl)cs2)cc1.[Ac]. The van der Waals surface area contributed by atoms with Gasteiger partial charge >= 0.3 is 0 Å². The van der Waals surface area contributed by atoms with E-state index in [0.29, 0.717) is 5.88 Å². The molecule has 0 amide bonds. The minimum atomic E-state index is 0. The van der Waals surface area contributed by atoms with Gasteiger partial charge in [0.25, 0.3) is 0 Å². The number of halogens is 1. The van der Waals surface area contributed by atoms with Gasteiger partial charge in [-0.2, -0.15) is 11.3 Å².